The third-order valence-electron chi connectivity index (χ3n) is 6.60. The summed E-state index contributed by atoms with van der Waals surface area (Å²) in [7, 11) is 7.33. The summed E-state index contributed by atoms with van der Waals surface area (Å²) >= 11 is 0. The van der Waals surface area contributed by atoms with Crippen LogP contribution in [0.15, 0.2) is 109 Å². The van der Waals surface area contributed by atoms with E-state index in [-0.39, 0.29) is 11.8 Å². The quantitative estimate of drug-likeness (QED) is 0.0498. The van der Waals surface area contributed by atoms with Crippen LogP contribution in [0.2, 0.25) is 0 Å². The number of allylic oxidation sites excluding steroid dienone is 5. The molecule has 0 bridgehead atoms. The number of nitrogens with one attached hydrogen (secondary N) is 2. The fraction of sp³-hybridized carbons (Fsp3) is 0.549. The third kappa shape index (κ3) is 48.5. The van der Waals surface area contributed by atoms with Crippen molar-refractivity contribution in [1.29, 1.82) is 0 Å². The molecule has 0 saturated carbocycles. The Hall–Kier alpha value is -4.36. The standard InChI is InChI=1S/C18H26N2O5.C11H17NOS.C8H12.C6H13NO.4C2H6/c1-12(2)10-16(21)19-15(17(22)24-5)11-13-6-8-14(9-7-13)25-18(23)20(3)4;1-3-7-10(2)12-14(13)11-8-5-4-6-9-11;1-4-5-6-7-8(2)3;1-4-5-8-6-7(2)3;4*1-2/h6-9,12,15H,10-11H2,1-5H3,(H,19,21);4-6,8-10,12H,3,7H2,1-2H3;4-7H,2H2,1,3H3;4H,1,5-6H2,2-3H3;4*1-2H3/b;;5-4-,7-6-;;;;;/t15-;;;;;;;/m0......./s1. The van der Waals surface area contributed by atoms with Gasteiger partial charge in [-0.05, 0) is 77.0 Å². The van der Waals surface area contributed by atoms with E-state index in [2.05, 4.69) is 37.0 Å². The molecule has 2 N–H and O–H groups in total. The smallest absolute Gasteiger partial charge is 0.414 e. The summed E-state index contributed by atoms with van der Waals surface area (Å²) in [6.07, 6.45) is 12.0. The van der Waals surface area contributed by atoms with Gasteiger partial charge >= 0.3 is 12.1 Å². The van der Waals surface area contributed by atoms with Gasteiger partial charge in [0.25, 0.3) is 0 Å². The van der Waals surface area contributed by atoms with Crippen molar-refractivity contribution in [3.05, 3.63) is 109 Å². The van der Waals surface area contributed by atoms with Gasteiger partial charge in [0.1, 0.15) is 22.8 Å². The highest BCUT2D eigenvalue weighted by Crippen LogP contribution is 2.15. The molecule has 0 fully saturated rings. The van der Waals surface area contributed by atoms with Crippen LogP contribution in [-0.2, 0) is 36.5 Å². The number of ether oxygens (including phenoxy) is 3. The highest BCUT2D eigenvalue weighted by molar-refractivity contribution is 7.83. The number of hydrogen-bond acceptors (Lipinski definition) is 8. The molecule has 0 aliphatic rings. The average Bonchev–Trinajstić information content (AvgIpc) is 3.27. The minimum atomic E-state index is -1.06. The number of benzene rings is 2. The van der Waals surface area contributed by atoms with Gasteiger partial charge in [0.2, 0.25) is 5.91 Å². The molecule has 2 aromatic rings. The lowest BCUT2D eigenvalue weighted by Crippen LogP contribution is -2.43. The van der Waals surface area contributed by atoms with Crippen molar-refractivity contribution in [1.82, 2.24) is 19.8 Å². The molecule has 2 unspecified atom stereocenters. The Morgan fingerprint density at radius 1 is 0.857 bits per heavy atom. The van der Waals surface area contributed by atoms with E-state index in [4.69, 9.17) is 14.2 Å². The first kappa shape index (κ1) is 70.3. The first-order chi connectivity index (χ1) is 30.0. The fourth-order valence-electron chi connectivity index (χ4n) is 4.02. The van der Waals surface area contributed by atoms with Crippen LogP contribution < -0.4 is 14.8 Å². The topological polar surface area (TPSA) is 127 Å². The molecule has 3 atom stereocenters. The summed E-state index contributed by atoms with van der Waals surface area (Å²) in [6.45, 7) is 36.5. The lowest BCUT2D eigenvalue weighted by molar-refractivity contribution is -0.145. The Balaban J connectivity index is -0.000000180. The van der Waals surface area contributed by atoms with Gasteiger partial charge in [-0.25, -0.2) is 18.5 Å². The van der Waals surface area contributed by atoms with Crippen LogP contribution in [0.25, 0.3) is 0 Å². The third-order valence-corrected chi connectivity index (χ3v) is 7.92. The summed E-state index contributed by atoms with van der Waals surface area (Å²) in [5, 5.41) is 2.70. The lowest BCUT2D eigenvalue weighted by atomic mass is 10.0. The normalized spacial score (nSPS) is 11.0. The van der Waals surface area contributed by atoms with E-state index in [9.17, 15) is 18.6 Å². The van der Waals surface area contributed by atoms with Crippen LogP contribution in [0.3, 0.4) is 0 Å². The molecule has 0 radical (unpaired) electrons. The number of carbonyl (C=O) groups is 3. The van der Waals surface area contributed by atoms with E-state index in [1.165, 1.54) is 12.0 Å². The zero-order valence-corrected chi connectivity index (χ0v) is 43.9. The first-order valence-corrected chi connectivity index (χ1v) is 23.5. The van der Waals surface area contributed by atoms with Crippen LogP contribution in [0.5, 0.6) is 5.75 Å². The molecule has 63 heavy (non-hydrogen) atoms. The molecule has 2 rings (SSSR count). The monoisotopic (exact) mass is 905 g/mol. The molecule has 0 aliphatic carbocycles. The maximum absolute atomic E-state index is 11.9. The van der Waals surface area contributed by atoms with Gasteiger partial charge in [-0.1, -0.05) is 155 Å². The Morgan fingerprint density at radius 3 is 1.81 bits per heavy atom. The maximum atomic E-state index is 11.9. The summed E-state index contributed by atoms with van der Waals surface area (Å²) in [5.74, 6) is -0.0907. The van der Waals surface area contributed by atoms with E-state index < -0.39 is 29.1 Å². The van der Waals surface area contributed by atoms with Crippen LogP contribution in [0.4, 0.5) is 4.79 Å². The van der Waals surface area contributed by atoms with Gasteiger partial charge in [-0.3, -0.25) is 9.69 Å². The molecular formula is C51H92N4O7S. The molecule has 364 valence electrons. The maximum Gasteiger partial charge on any atom is 0.414 e. The Bertz CT molecular complexity index is 1450. The van der Waals surface area contributed by atoms with Crippen molar-refractivity contribution in [2.75, 3.05) is 48.6 Å². The van der Waals surface area contributed by atoms with E-state index in [0.29, 0.717) is 38.0 Å². The molecule has 2 amide bonds. The second kappa shape index (κ2) is 52.0. The average molecular weight is 905 g/mol. The molecule has 11 nitrogen and oxygen atoms in total. The van der Waals surface area contributed by atoms with E-state index in [1.807, 2.05) is 157 Å². The molecule has 0 aliphatic heterocycles. The minimum absolute atomic E-state index is 0.193. The summed E-state index contributed by atoms with van der Waals surface area (Å²) in [4.78, 5) is 39.5. The lowest BCUT2D eigenvalue weighted by Gasteiger charge is -2.17. The van der Waals surface area contributed by atoms with Crippen molar-refractivity contribution >= 4 is 29.0 Å². The molecule has 0 heterocycles. The molecule has 12 heteroatoms. The van der Waals surface area contributed by atoms with Crippen molar-refractivity contribution in [2.45, 2.75) is 140 Å². The summed E-state index contributed by atoms with van der Waals surface area (Å²) in [6, 6.07) is 15.8. The predicted octanol–water partition coefficient (Wildman–Crippen LogP) is 12.0. The van der Waals surface area contributed by atoms with Crippen molar-refractivity contribution in [3.63, 3.8) is 0 Å². The SMILES string of the molecule is C=C(C)/C=C\C=C/C.C=CCOCN(C)C.CC.CC.CC.CC.CCCC(C)NS(=O)c1ccccc1.COC(=O)[C@H](Cc1ccc(OC(=O)N(C)C)cc1)NC(=O)CC(C)C. The van der Waals surface area contributed by atoms with Crippen molar-refractivity contribution in [3.8, 4) is 5.75 Å². The Kier molecular flexibility index (Phi) is 58.0. The largest absolute Gasteiger partial charge is 0.467 e. The number of nitrogens with zero attached hydrogens (tertiary/aromatic N) is 2. The van der Waals surface area contributed by atoms with E-state index in [0.717, 1.165) is 28.9 Å². The number of carbonyl (C=O) groups excluding carboxylic acids is 3. The van der Waals surface area contributed by atoms with Gasteiger partial charge in [-0.15, -0.1) is 6.58 Å². The van der Waals surface area contributed by atoms with Gasteiger partial charge in [-0.2, -0.15) is 0 Å². The van der Waals surface area contributed by atoms with E-state index >= 15 is 0 Å². The number of hydrogen-bond donors (Lipinski definition) is 2. The summed E-state index contributed by atoms with van der Waals surface area (Å²) in [5.41, 5.74) is 1.90. The number of esters is 1. The predicted molar refractivity (Wildman–Crippen MR) is 272 cm³/mol. The highest BCUT2D eigenvalue weighted by Gasteiger charge is 2.22. The van der Waals surface area contributed by atoms with Crippen LogP contribution in [0, 0.1) is 5.92 Å². The minimum Gasteiger partial charge on any atom is -0.467 e. The van der Waals surface area contributed by atoms with Crippen LogP contribution in [0.1, 0.15) is 122 Å². The second-order valence-corrected chi connectivity index (χ2v) is 14.6. The van der Waals surface area contributed by atoms with Gasteiger partial charge < -0.3 is 24.4 Å². The molecule has 2 aromatic carbocycles. The highest BCUT2D eigenvalue weighted by atomic mass is 32.2. The number of rotatable bonds is 18. The zero-order chi connectivity index (χ0) is 50.2. The second-order valence-electron chi connectivity index (χ2n) is 13.3. The van der Waals surface area contributed by atoms with Gasteiger partial charge in [0.15, 0.2) is 0 Å². The Morgan fingerprint density at radius 2 is 1.40 bits per heavy atom. The van der Waals surface area contributed by atoms with Gasteiger partial charge in [0.05, 0.1) is 25.3 Å². The van der Waals surface area contributed by atoms with Crippen LogP contribution in [-0.4, -0.2) is 92.7 Å². The van der Waals surface area contributed by atoms with Crippen molar-refractivity contribution in [2.24, 2.45) is 5.92 Å². The summed E-state index contributed by atoms with van der Waals surface area (Å²) < 4.78 is 29.8. The van der Waals surface area contributed by atoms with Crippen LogP contribution >= 0.6 is 0 Å². The molecule has 0 saturated heterocycles. The Labute approximate surface area is 389 Å². The van der Waals surface area contributed by atoms with Crippen molar-refractivity contribution < 1.29 is 32.8 Å². The van der Waals surface area contributed by atoms with E-state index in [1.54, 1.807) is 44.4 Å². The number of methoxy groups -OCH3 is 1. The van der Waals surface area contributed by atoms with Gasteiger partial charge in [0, 0.05) is 33.0 Å². The first-order valence-electron chi connectivity index (χ1n) is 22.4. The molecule has 0 spiro atoms. The zero-order valence-electron chi connectivity index (χ0n) is 43.1. The fourth-order valence-corrected chi connectivity index (χ4v) is 5.04. The molecule has 0 aromatic heterocycles. The number of amides is 2. The molecular weight excluding hydrogens is 813 g/mol.